The van der Waals surface area contributed by atoms with Gasteiger partial charge in [-0.25, -0.2) is 0 Å². The van der Waals surface area contributed by atoms with Crippen molar-refractivity contribution in [3.05, 3.63) is 6.61 Å². The highest BCUT2D eigenvalue weighted by atomic mass is 16.5. The van der Waals surface area contributed by atoms with Crippen molar-refractivity contribution < 1.29 is 4.74 Å². The molecule has 0 spiro atoms. The van der Waals surface area contributed by atoms with E-state index in [1.54, 1.807) is 6.61 Å². The van der Waals surface area contributed by atoms with Gasteiger partial charge < -0.3 is 4.74 Å². The number of hydrogen-bond donors (Lipinski definition) is 0. The second-order valence-electron chi connectivity index (χ2n) is 2.67. The normalized spacial score (nSPS) is 12.5. The van der Waals surface area contributed by atoms with Crippen LogP contribution < -0.4 is 0 Å². The molecule has 1 unspecified atom stereocenters. The Morgan fingerprint density at radius 3 is 2.82 bits per heavy atom. The molecule has 0 aromatic carbocycles. The van der Waals surface area contributed by atoms with Gasteiger partial charge in [0.1, 0.15) is 0 Å². The predicted octanol–water partition coefficient (Wildman–Crippen LogP) is 2.62. The van der Waals surface area contributed by atoms with Gasteiger partial charge in [-0.15, -0.1) is 12.3 Å². The second kappa shape index (κ2) is 7.63. The molecule has 0 aliphatic carbocycles. The molecule has 0 N–H and O–H groups in total. The summed E-state index contributed by atoms with van der Waals surface area (Å²) in [5, 5.41) is 0. The third-order valence-electron chi connectivity index (χ3n) is 1.60. The van der Waals surface area contributed by atoms with Crippen molar-refractivity contribution >= 4 is 0 Å². The third-order valence-corrected chi connectivity index (χ3v) is 1.60. The van der Waals surface area contributed by atoms with Gasteiger partial charge >= 0.3 is 0 Å². The highest BCUT2D eigenvalue weighted by molar-refractivity contribution is 4.89. The molecule has 0 amide bonds. The highest BCUT2D eigenvalue weighted by Crippen LogP contribution is 2.05. The molecule has 1 atom stereocenters. The zero-order valence-corrected chi connectivity index (χ0v) is 7.47. The summed E-state index contributed by atoms with van der Waals surface area (Å²) >= 11 is 0. The molecular formula is C10H17O. The summed E-state index contributed by atoms with van der Waals surface area (Å²) < 4.78 is 5.07. The summed E-state index contributed by atoms with van der Waals surface area (Å²) in [7, 11) is 0. The van der Waals surface area contributed by atoms with Gasteiger partial charge in [-0.05, 0) is 26.2 Å². The Bertz CT molecular complexity index is 113. The van der Waals surface area contributed by atoms with Crippen LogP contribution in [0.25, 0.3) is 0 Å². The number of ether oxygens (including phenoxy) is 1. The number of unbranched alkanes of at least 4 members (excludes halogenated alkanes) is 1. The first-order valence-corrected chi connectivity index (χ1v) is 4.16. The Morgan fingerprint density at radius 2 is 2.27 bits per heavy atom. The molecule has 1 radical (unpaired) electrons. The number of hydrogen-bond acceptors (Lipinski definition) is 1. The fourth-order valence-corrected chi connectivity index (χ4v) is 0.837. The molecule has 0 fully saturated rings. The van der Waals surface area contributed by atoms with E-state index in [9.17, 15) is 0 Å². The van der Waals surface area contributed by atoms with E-state index in [1.165, 1.54) is 6.42 Å². The number of rotatable bonds is 6. The van der Waals surface area contributed by atoms with E-state index in [1.807, 2.05) is 6.92 Å². The lowest BCUT2D eigenvalue weighted by Crippen LogP contribution is -1.93. The van der Waals surface area contributed by atoms with Crippen LogP contribution in [0.2, 0.25) is 0 Å². The summed E-state index contributed by atoms with van der Waals surface area (Å²) in [5.74, 6) is 3.12. The van der Waals surface area contributed by atoms with Crippen LogP contribution in [0.15, 0.2) is 0 Å². The van der Waals surface area contributed by atoms with E-state index in [2.05, 4.69) is 12.8 Å². The monoisotopic (exact) mass is 153 g/mol. The van der Waals surface area contributed by atoms with Crippen LogP contribution in [0.1, 0.15) is 33.1 Å². The maximum absolute atomic E-state index is 5.23. The van der Waals surface area contributed by atoms with E-state index in [0.717, 1.165) is 19.4 Å². The molecule has 1 heteroatoms. The SMILES string of the molecule is C#CC(C)CCCCO[CH]C. The largest absolute Gasteiger partial charge is 0.376 e. The van der Waals surface area contributed by atoms with Gasteiger partial charge in [-0.2, -0.15) is 0 Å². The molecule has 0 bridgehead atoms. The molecule has 0 saturated carbocycles. The van der Waals surface area contributed by atoms with Gasteiger partial charge in [0.25, 0.3) is 0 Å². The van der Waals surface area contributed by atoms with Crippen molar-refractivity contribution in [3.8, 4) is 12.3 Å². The smallest absolute Gasteiger partial charge is 0.0805 e. The van der Waals surface area contributed by atoms with E-state index in [-0.39, 0.29) is 0 Å². The standard InChI is InChI=1S/C10H17O/c1-4-10(3)8-6-7-9-11-5-2/h1,5,10H,6-9H2,2-3H3. The van der Waals surface area contributed by atoms with Crippen LogP contribution in [0.4, 0.5) is 0 Å². The molecular weight excluding hydrogens is 136 g/mol. The Balaban J connectivity index is 2.97. The minimum atomic E-state index is 0.417. The highest BCUT2D eigenvalue weighted by Gasteiger charge is 1.95. The van der Waals surface area contributed by atoms with Gasteiger partial charge in [0, 0.05) is 12.5 Å². The van der Waals surface area contributed by atoms with E-state index in [0.29, 0.717) is 5.92 Å². The van der Waals surface area contributed by atoms with Crippen LogP contribution in [-0.4, -0.2) is 6.61 Å². The van der Waals surface area contributed by atoms with Crippen LogP contribution in [-0.2, 0) is 4.74 Å². The van der Waals surface area contributed by atoms with Crippen LogP contribution >= 0.6 is 0 Å². The van der Waals surface area contributed by atoms with Crippen molar-refractivity contribution in [2.45, 2.75) is 33.1 Å². The number of terminal acetylenes is 1. The lowest BCUT2D eigenvalue weighted by atomic mass is 10.1. The van der Waals surface area contributed by atoms with Crippen molar-refractivity contribution in [1.29, 1.82) is 0 Å². The molecule has 0 aliphatic heterocycles. The minimum Gasteiger partial charge on any atom is -0.376 e. The van der Waals surface area contributed by atoms with Crippen molar-refractivity contribution in [2.24, 2.45) is 5.92 Å². The van der Waals surface area contributed by atoms with Gasteiger partial charge in [0.2, 0.25) is 0 Å². The first kappa shape index (κ1) is 10.5. The fourth-order valence-electron chi connectivity index (χ4n) is 0.837. The minimum absolute atomic E-state index is 0.417. The summed E-state index contributed by atoms with van der Waals surface area (Å²) in [6.45, 7) is 6.52. The first-order chi connectivity index (χ1) is 5.31. The van der Waals surface area contributed by atoms with E-state index < -0.39 is 0 Å². The average Bonchev–Trinajstić information content (AvgIpc) is 2.04. The molecule has 0 aromatic rings. The van der Waals surface area contributed by atoms with Gasteiger partial charge in [0.05, 0.1) is 6.61 Å². The molecule has 63 valence electrons. The van der Waals surface area contributed by atoms with Gasteiger partial charge in [-0.3, -0.25) is 0 Å². The molecule has 0 saturated heterocycles. The molecule has 1 nitrogen and oxygen atoms in total. The molecule has 0 heterocycles. The molecule has 0 rings (SSSR count). The Hall–Kier alpha value is -0.480. The first-order valence-electron chi connectivity index (χ1n) is 4.16. The van der Waals surface area contributed by atoms with Crippen molar-refractivity contribution in [1.82, 2.24) is 0 Å². The maximum Gasteiger partial charge on any atom is 0.0805 e. The van der Waals surface area contributed by atoms with Gasteiger partial charge in [-0.1, -0.05) is 6.92 Å². The van der Waals surface area contributed by atoms with E-state index >= 15 is 0 Å². The summed E-state index contributed by atoms with van der Waals surface area (Å²) in [6.07, 6.45) is 8.61. The maximum atomic E-state index is 5.23. The second-order valence-corrected chi connectivity index (χ2v) is 2.67. The summed E-state index contributed by atoms with van der Waals surface area (Å²) in [4.78, 5) is 0. The van der Waals surface area contributed by atoms with Crippen LogP contribution in [0.3, 0.4) is 0 Å². The molecule has 11 heavy (non-hydrogen) atoms. The summed E-state index contributed by atoms with van der Waals surface area (Å²) in [6, 6.07) is 0. The summed E-state index contributed by atoms with van der Waals surface area (Å²) in [5.41, 5.74) is 0. The lowest BCUT2D eigenvalue weighted by molar-refractivity contribution is 0.197. The lowest BCUT2D eigenvalue weighted by Gasteiger charge is -2.02. The Labute approximate surface area is 70.1 Å². The predicted molar refractivity (Wildman–Crippen MR) is 47.8 cm³/mol. The fraction of sp³-hybridized carbons (Fsp3) is 0.700. The molecule has 0 aliphatic rings. The van der Waals surface area contributed by atoms with E-state index in [4.69, 9.17) is 11.2 Å². The quantitative estimate of drug-likeness (QED) is 0.421. The Morgan fingerprint density at radius 1 is 1.55 bits per heavy atom. The zero-order chi connectivity index (χ0) is 8.53. The van der Waals surface area contributed by atoms with Crippen LogP contribution in [0, 0.1) is 24.9 Å². The topological polar surface area (TPSA) is 9.23 Å². The average molecular weight is 153 g/mol. The Kier molecular flexibility index (Phi) is 7.29. The van der Waals surface area contributed by atoms with Crippen molar-refractivity contribution in [3.63, 3.8) is 0 Å². The van der Waals surface area contributed by atoms with Crippen molar-refractivity contribution in [2.75, 3.05) is 6.61 Å². The van der Waals surface area contributed by atoms with Crippen LogP contribution in [0.5, 0.6) is 0 Å². The zero-order valence-electron chi connectivity index (χ0n) is 7.47. The third kappa shape index (κ3) is 7.42. The van der Waals surface area contributed by atoms with Gasteiger partial charge in [0.15, 0.2) is 0 Å². The molecule has 0 aromatic heterocycles.